The number of nitrogens with one attached hydrogen (secondary N) is 1. The van der Waals surface area contributed by atoms with E-state index in [-0.39, 0.29) is 5.54 Å². The summed E-state index contributed by atoms with van der Waals surface area (Å²) in [6.07, 6.45) is 0. The lowest BCUT2D eigenvalue weighted by Crippen LogP contribution is -2.26. The summed E-state index contributed by atoms with van der Waals surface area (Å²) in [6.45, 7) is 6.31. The predicted octanol–water partition coefficient (Wildman–Crippen LogP) is 3.03. The molecule has 3 rings (SSSR count). The van der Waals surface area contributed by atoms with Crippen molar-refractivity contribution in [3.63, 3.8) is 0 Å². The van der Waals surface area contributed by atoms with Crippen molar-refractivity contribution in [2.45, 2.75) is 26.3 Å². The molecule has 1 aromatic carbocycles. The number of anilines is 1. The lowest BCUT2D eigenvalue weighted by Gasteiger charge is -2.21. The van der Waals surface area contributed by atoms with E-state index in [1.807, 2.05) is 42.5 Å². The van der Waals surface area contributed by atoms with Gasteiger partial charge in [-0.2, -0.15) is 4.68 Å². The molecule has 5 nitrogen and oxygen atoms in total. The molecule has 0 spiro atoms. The Bertz CT molecular complexity index is 739. The van der Waals surface area contributed by atoms with Crippen LogP contribution in [0.4, 0.5) is 5.82 Å². The number of nitrogens with zero attached hydrogens (tertiary/aromatic N) is 4. The number of hydrogen-bond donors (Lipinski definition) is 1. The predicted molar refractivity (Wildman–Crippen MR) is 80.0 cm³/mol. The van der Waals surface area contributed by atoms with Crippen LogP contribution < -0.4 is 5.32 Å². The highest BCUT2D eigenvalue weighted by molar-refractivity contribution is 5.75. The monoisotopic (exact) mass is 267 g/mol. The Morgan fingerprint density at radius 1 is 1.00 bits per heavy atom. The van der Waals surface area contributed by atoms with E-state index in [2.05, 4.69) is 41.4 Å². The normalized spacial score (nSPS) is 11.8. The van der Waals surface area contributed by atoms with Crippen molar-refractivity contribution in [1.29, 1.82) is 0 Å². The summed E-state index contributed by atoms with van der Waals surface area (Å²) < 4.78 is 1.75. The SMILES string of the molecule is CC(C)(C)Nc1cccc(-n2nnc3ccccc32)n1. The molecule has 3 aromatic rings. The Morgan fingerprint density at radius 3 is 2.60 bits per heavy atom. The third kappa shape index (κ3) is 2.47. The smallest absolute Gasteiger partial charge is 0.158 e. The summed E-state index contributed by atoms with van der Waals surface area (Å²) in [6, 6.07) is 13.7. The van der Waals surface area contributed by atoms with Gasteiger partial charge in [-0.3, -0.25) is 0 Å². The van der Waals surface area contributed by atoms with Gasteiger partial charge in [0.1, 0.15) is 11.3 Å². The minimum atomic E-state index is -0.0317. The second kappa shape index (κ2) is 4.59. The fraction of sp³-hybridized carbons (Fsp3) is 0.267. The summed E-state index contributed by atoms with van der Waals surface area (Å²) in [5.74, 6) is 1.59. The average Bonchev–Trinajstić information content (AvgIpc) is 2.81. The standard InChI is InChI=1S/C15H17N5/c1-15(2,3)17-13-9-6-10-14(16-13)20-12-8-5-4-7-11(12)18-19-20/h4-10H,1-3H3,(H,16,17). The lowest BCUT2D eigenvalue weighted by atomic mass is 10.1. The molecule has 2 heterocycles. The Kier molecular flexibility index (Phi) is 2.89. The number of fused-ring (bicyclic) bond motifs is 1. The van der Waals surface area contributed by atoms with Crippen LogP contribution in [0.1, 0.15) is 20.8 Å². The first-order valence-electron chi connectivity index (χ1n) is 6.59. The number of aromatic nitrogens is 4. The average molecular weight is 267 g/mol. The van der Waals surface area contributed by atoms with E-state index in [0.29, 0.717) is 0 Å². The van der Waals surface area contributed by atoms with Crippen LogP contribution in [0.15, 0.2) is 42.5 Å². The first-order valence-corrected chi connectivity index (χ1v) is 6.59. The Hall–Kier alpha value is -2.43. The van der Waals surface area contributed by atoms with E-state index in [1.54, 1.807) is 4.68 Å². The fourth-order valence-corrected chi connectivity index (χ4v) is 2.03. The van der Waals surface area contributed by atoms with Crippen molar-refractivity contribution in [3.05, 3.63) is 42.5 Å². The van der Waals surface area contributed by atoms with Crippen LogP contribution in [0.5, 0.6) is 0 Å². The van der Waals surface area contributed by atoms with E-state index in [4.69, 9.17) is 0 Å². The quantitative estimate of drug-likeness (QED) is 0.775. The number of para-hydroxylation sites is 1. The fourth-order valence-electron chi connectivity index (χ4n) is 2.03. The summed E-state index contributed by atoms with van der Waals surface area (Å²) >= 11 is 0. The maximum absolute atomic E-state index is 4.60. The lowest BCUT2D eigenvalue weighted by molar-refractivity contribution is 0.629. The first kappa shape index (κ1) is 12.6. The van der Waals surface area contributed by atoms with E-state index in [1.165, 1.54) is 0 Å². The van der Waals surface area contributed by atoms with E-state index < -0.39 is 0 Å². The number of rotatable bonds is 2. The zero-order valence-corrected chi connectivity index (χ0v) is 11.8. The van der Waals surface area contributed by atoms with Gasteiger partial charge in [0.25, 0.3) is 0 Å². The van der Waals surface area contributed by atoms with Crippen LogP contribution in [-0.4, -0.2) is 25.5 Å². The number of pyridine rings is 1. The first-order chi connectivity index (χ1) is 9.53. The highest BCUT2D eigenvalue weighted by Gasteiger charge is 2.12. The highest BCUT2D eigenvalue weighted by atomic mass is 15.4. The van der Waals surface area contributed by atoms with Gasteiger partial charge in [0, 0.05) is 5.54 Å². The molecule has 0 bridgehead atoms. The van der Waals surface area contributed by atoms with Crippen LogP contribution >= 0.6 is 0 Å². The van der Waals surface area contributed by atoms with Gasteiger partial charge in [-0.05, 0) is 45.0 Å². The van der Waals surface area contributed by atoms with Crippen LogP contribution in [-0.2, 0) is 0 Å². The molecule has 0 saturated heterocycles. The Morgan fingerprint density at radius 2 is 1.80 bits per heavy atom. The second-order valence-corrected chi connectivity index (χ2v) is 5.75. The molecular weight excluding hydrogens is 250 g/mol. The molecule has 5 heteroatoms. The van der Waals surface area contributed by atoms with Gasteiger partial charge >= 0.3 is 0 Å². The summed E-state index contributed by atoms with van der Waals surface area (Å²) in [5.41, 5.74) is 1.78. The van der Waals surface area contributed by atoms with E-state index in [0.717, 1.165) is 22.7 Å². The van der Waals surface area contributed by atoms with Gasteiger partial charge < -0.3 is 5.32 Å². The van der Waals surface area contributed by atoms with Crippen molar-refractivity contribution < 1.29 is 0 Å². The van der Waals surface area contributed by atoms with Crippen molar-refractivity contribution in [1.82, 2.24) is 20.0 Å². The highest BCUT2D eigenvalue weighted by Crippen LogP contribution is 2.17. The van der Waals surface area contributed by atoms with Gasteiger partial charge in [0.05, 0.1) is 5.52 Å². The number of benzene rings is 1. The maximum atomic E-state index is 4.60. The molecule has 0 amide bonds. The largest absolute Gasteiger partial charge is 0.365 e. The van der Waals surface area contributed by atoms with Gasteiger partial charge in [-0.15, -0.1) is 5.10 Å². The molecule has 102 valence electrons. The van der Waals surface area contributed by atoms with E-state index >= 15 is 0 Å². The third-order valence-corrected chi connectivity index (χ3v) is 2.81. The van der Waals surface area contributed by atoms with Crippen molar-refractivity contribution >= 4 is 16.9 Å². The molecule has 2 aromatic heterocycles. The second-order valence-electron chi connectivity index (χ2n) is 5.75. The van der Waals surface area contributed by atoms with Crippen LogP contribution in [0, 0.1) is 0 Å². The van der Waals surface area contributed by atoms with Crippen molar-refractivity contribution in [3.8, 4) is 5.82 Å². The molecule has 0 unspecified atom stereocenters. The Labute approximate surface area is 117 Å². The zero-order valence-electron chi connectivity index (χ0n) is 11.8. The summed E-state index contributed by atoms with van der Waals surface area (Å²) in [5, 5.41) is 11.7. The molecule has 20 heavy (non-hydrogen) atoms. The minimum Gasteiger partial charge on any atom is -0.365 e. The molecule has 0 radical (unpaired) electrons. The summed E-state index contributed by atoms with van der Waals surface area (Å²) in [4.78, 5) is 4.60. The topological polar surface area (TPSA) is 55.6 Å². The van der Waals surface area contributed by atoms with Crippen LogP contribution in [0.2, 0.25) is 0 Å². The van der Waals surface area contributed by atoms with Crippen LogP contribution in [0.25, 0.3) is 16.9 Å². The third-order valence-electron chi connectivity index (χ3n) is 2.81. The molecule has 0 aliphatic rings. The van der Waals surface area contributed by atoms with Crippen molar-refractivity contribution in [2.75, 3.05) is 5.32 Å². The molecule has 1 N–H and O–H groups in total. The van der Waals surface area contributed by atoms with Gasteiger partial charge in [0.15, 0.2) is 5.82 Å². The van der Waals surface area contributed by atoms with Crippen LogP contribution in [0.3, 0.4) is 0 Å². The molecule has 0 aliphatic heterocycles. The van der Waals surface area contributed by atoms with E-state index in [9.17, 15) is 0 Å². The molecular formula is C15H17N5. The summed E-state index contributed by atoms with van der Waals surface area (Å²) in [7, 11) is 0. The zero-order chi connectivity index (χ0) is 14.2. The molecule has 0 saturated carbocycles. The van der Waals surface area contributed by atoms with Gasteiger partial charge in [-0.1, -0.05) is 23.4 Å². The molecule has 0 aliphatic carbocycles. The van der Waals surface area contributed by atoms with Crippen molar-refractivity contribution in [2.24, 2.45) is 0 Å². The molecule has 0 atom stereocenters. The minimum absolute atomic E-state index is 0.0317. The molecule has 0 fully saturated rings. The number of hydrogen-bond acceptors (Lipinski definition) is 4. The van der Waals surface area contributed by atoms with Gasteiger partial charge in [-0.25, -0.2) is 4.98 Å². The van der Waals surface area contributed by atoms with Gasteiger partial charge in [0.2, 0.25) is 0 Å². The Balaban J connectivity index is 2.04. The maximum Gasteiger partial charge on any atom is 0.158 e.